The first kappa shape index (κ1) is 14.1. The molecular weight excluding hydrogens is 310 g/mol. The van der Waals surface area contributed by atoms with E-state index in [4.69, 9.17) is 5.73 Å². The molecular formula is C13H18BrN3O2. The molecule has 1 fully saturated rings. The van der Waals surface area contributed by atoms with Crippen LogP contribution in [0.5, 0.6) is 0 Å². The van der Waals surface area contributed by atoms with E-state index in [-0.39, 0.29) is 17.7 Å². The molecule has 0 spiro atoms. The van der Waals surface area contributed by atoms with Crippen molar-refractivity contribution in [3.8, 4) is 0 Å². The van der Waals surface area contributed by atoms with E-state index in [1.54, 1.807) is 4.90 Å². The smallest absolute Gasteiger partial charge is 0.270 e. The summed E-state index contributed by atoms with van der Waals surface area (Å²) in [7, 11) is 0. The van der Waals surface area contributed by atoms with Crippen LogP contribution in [0.4, 0.5) is 0 Å². The van der Waals surface area contributed by atoms with Crippen molar-refractivity contribution in [2.24, 2.45) is 11.7 Å². The standard InChI is InChI=1S/C13H18BrN3O2/c1-2-16-8-10(14)7-11(16)13(19)17-5-3-9(4-6-17)12(15)18/h7-9H,2-6H2,1H3,(H2,15,18). The fourth-order valence-electron chi connectivity index (χ4n) is 2.44. The SMILES string of the molecule is CCn1cc(Br)cc1C(=O)N1CCC(C(N)=O)CC1. The number of aryl methyl sites for hydroxylation is 1. The summed E-state index contributed by atoms with van der Waals surface area (Å²) < 4.78 is 2.83. The number of amides is 2. The van der Waals surface area contributed by atoms with Gasteiger partial charge in [-0.1, -0.05) is 0 Å². The molecule has 1 aliphatic heterocycles. The average Bonchev–Trinajstić information content (AvgIpc) is 2.79. The zero-order chi connectivity index (χ0) is 14.0. The van der Waals surface area contributed by atoms with Crippen molar-refractivity contribution < 1.29 is 9.59 Å². The summed E-state index contributed by atoms with van der Waals surface area (Å²) in [6, 6.07) is 1.84. The van der Waals surface area contributed by atoms with Crippen LogP contribution in [-0.2, 0) is 11.3 Å². The summed E-state index contributed by atoms with van der Waals surface area (Å²) >= 11 is 3.39. The lowest BCUT2D eigenvalue weighted by atomic mass is 9.96. The van der Waals surface area contributed by atoms with Crippen LogP contribution in [0.1, 0.15) is 30.3 Å². The minimum Gasteiger partial charge on any atom is -0.369 e. The molecule has 1 aliphatic rings. The Labute approximate surface area is 120 Å². The molecule has 2 amide bonds. The van der Waals surface area contributed by atoms with Crippen molar-refractivity contribution in [3.05, 3.63) is 22.4 Å². The number of nitrogens with two attached hydrogens (primary N) is 1. The van der Waals surface area contributed by atoms with Crippen molar-refractivity contribution in [1.82, 2.24) is 9.47 Å². The summed E-state index contributed by atoms with van der Waals surface area (Å²) in [6.07, 6.45) is 3.23. The summed E-state index contributed by atoms with van der Waals surface area (Å²) in [5.74, 6) is -0.323. The molecule has 0 aromatic carbocycles. The van der Waals surface area contributed by atoms with E-state index >= 15 is 0 Å². The van der Waals surface area contributed by atoms with Crippen molar-refractivity contribution in [1.29, 1.82) is 0 Å². The van der Waals surface area contributed by atoms with Gasteiger partial charge in [0.25, 0.3) is 5.91 Å². The van der Waals surface area contributed by atoms with Crippen LogP contribution in [-0.4, -0.2) is 34.4 Å². The molecule has 0 bridgehead atoms. The number of halogens is 1. The van der Waals surface area contributed by atoms with E-state index in [0.29, 0.717) is 31.6 Å². The number of hydrogen-bond acceptors (Lipinski definition) is 2. The fourth-order valence-corrected chi connectivity index (χ4v) is 2.91. The van der Waals surface area contributed by atoms with E-state index in [2.05, 4.69) is 15.9 Å². The van der Waals surface area contributed by atoms with Gasteiger partial charge in [-0.15, -0.1) is 0 Å². The zero-order valence-electron chi connectivity index (χ0n) is 10.9. The fraction of sp³-hybridized carbons (Fsp3) is 0.538. The van der Waals surface area contributed by atoms with E-state index < -0.39 is 0 Å². The Morgan fingerprint density at radius 3 is 2.58 bits per heavy atom. The monoisotopic (exact) mass is 327 g/mol. The van der Waals surface area contributed by atoms with Crippen LogP contribution >= 0.6 is 15.9 Å². The first-order valence-corrected chi connectivity index (χ1v) is 7.26. The molecule has 104 valence electrons. The van der Waals surface area contributed by atoms with E-state index in [0.717, 1.165) is 11.0 Å². The predicted molar refractivity (Wildman–Crippen MR) is 75.6 cm³/mol. The number of carbonyl (C=O) groups is 2. The lowest BCUT2D eigenvalue weighted by molar-refractivity contribution is -0.123. The Kier molecular flexibility index (Phi) is 4.29. The Morgan fingerprint density at radius 1 is 1.42 bits per heavy atom. The highest BCUT2D eigenvalue weighted by molar-refractivity contribution is 9.10. The van der Waals surface area contributed by atoms with Crippen LogP contribution in [0.2, 0.25) is 0 Å². The highest BCUT2D eigenvalue weighted by Gasteiger charge is 2.27. The Hall–Kier alpha value is -1.30. The molecule has 1 saturated heterocycles. The number of hydrogen-bond donors (Lipinski definition) is 1. The molecule has 5 nitrogen and oxygen atoms in total. The molecule has 0 atom stereocenters. The average molecular weight is 328 g/mol. The van der Waals surface area contributed by atoms with Gasteiger partial charge in [0.2, 0.25) is 5.91 Å². The van der Waals surface area contributed by atoms with Gasteiger partial charge >= 0.3 is 0 Å². The third-order valence-corrected chi connectivity index (χ3v) is 4.04. The van der Waals surface area contributed by atoms with Crippen molar-refractivity contribution in [2.45, 2.75) is 26.3 Å². The highest BCUT2D eigenvalue weighted by Crippen LogP contribution is 2.21. The van der Waals surface area contributed by atoms with Crippen LogP contribution in [0.25, 0.3) is 0 Å². The third-order valence-electron chi connectivity index (χ3n) is 3.61. The molecule has 6 heteroatoms. The van der Waals surface area contributed by atoms with Crippen LogP contribution in [0.15, 0.2) is 16.7 Å². The number of aromatic nitrogens is 1. The zero-order valence-corrected chi connectivity index (χ0v) is 12.5. The van der Waals surface area contributed by atoms with Gasteiger partial charge in [-0.05, 0) is 41.8 Å². The molecule has 19 heavy (non-hydrogen) atoms. The number of piperidine rings is 1. The molecule has 0 unspecified atom stereocenters. The summed E-state index contributed by atoms with van der Waals surface area (Å²) in [5, 5.41) is 0. The molecule has 2 heterocycles. The van der Waals surface area contributed by atoms with Gasteiger partial charge in [0.05, 0.1) is 0 Å². The van der Waals surface area contributed by atoms with E-state index in [9.17, 15) is 9.59 Å². The molecule has 0 saturated carbocycles. The van der Waals surface area contributed by atoms with Crippen LogP contribution < -0.4 is 5.73 Å². The first-order valence-electron chi connectivity index (χ1n) is 6.47. The largest absolute Gasteiger partial charge is 0.369 e. The Morgan fingerprint density at radius 2 is 2.05 bits per heavy atom. The minimum absolute atomic E-state index is 0.0236. The molecule has 1 aromatic heterocycles. The number of carbonyl (C=O) groups excluding carboxylic acids is 2. The molecule has 0 radical (unpaired) electrons. The predicted octanol–water partition coefficient (Wildman–Crippen LogP) is 1.61. The number of likely N-dealkylation sites (tertiary alicyclic amines) is 1. The van der Waals surface area contributed by atoms with Crippen LogP contribution in [0.3, 0.4) is 0 Å². The maximum Gasteiger partial charge on any atom is 0.270 e. The summed E-state index contributed by atoms with van der Waals surface area (Å²) in [5.41, 5.74) is 5.98. The second-order valence-corrected chi connectivity index (χ2v) is 5.71. The molecule has 0 aliphatic carbocycles. The quantitative estimate of drug-likeness (QED) is 0.916. The van der Waals surface area contributed by atoms with Crippen LogP contribution in [0, 0.1) is 5.92 Å². The normalized spacial score (nSPS) is 16.6. The summed E-state index contributed by atoms with van der Waals surface area (Å²) in [6.45, 7) is 3.95. The van der Waals surface area contributed by atoms with Gasteiger partial charge in [0.1, 0.15) is 5.69 Å². The third kappa shape index (κ3) is 3.00. The number of primary amides is 1. The van der Waals surface area contributed by atoms with E-state index in [1.807, 2.05) is 23.8 Å². The Balaban J connectivity index is 2.07. The minimum atomic E-state index is -0.258. The highest BCUT2D eigenvalue weighted by atomic mass is 79.9. The molecule has 1 aromatic rings. The first-order chi connectivity index (χ1) is 9.02. The van der Waals surface area contributed by atoms with Gasteiger partial charge in [-0.25, -0.2) is 0 Å². The van der Waals surface area contributed by atoms with Gasteiger partial charge < -0.3 is 15.2 Å². The van der Waals surface area contributed by atoms with Gasteiger partial charge in [-0.2, -0.15) is 0 Å². The number of rotatable bonds is 3. The van der Waals surface area contributed by atoms with Gasteiger partial charge in [0.15, 0.2) is 0 Å². The van der Waals surface area contributed by atoms with Crippen molar-refractivity contribution in [2.75, 3.05) is 13.1 Å². The Bertz CT molecular complexity index is 490. The van der Waals surface area contributed by atoms with Crippen molar-refractivity contribution in [3.63, 3.8) is 0 Å². The second kappa shape index (κ2) is 5.77. The maximum absolute atomic E-state index is 12.4. The molecule has 2 rings (SSSR count). The number of nitrogens with zero attached hydrogens (tertiary/aromatic N) is 2. The van der Waals surface area contributed by atoms with E-state index in [1.165, 1.54) is 0 Å². The maximum atomic E-state index is 12.4. The van der Waals surface area contributed by atoms with Crippen molar-refractivity contribution >= 4 is 27.7 Å². The lowest BCUT2D eigenvalue weighted by Gasteiger charge is -2.30. The summed E-state index contributed by atoms with van der Waals surface area (Å²) in [4.78, 5) is 25.3. The molecule has 2 N–H and O–H groups in total. The lowest BCUT2D eigenvalue weighted by Crippen LogP contribution is -2.42. The topological polar surface area (TPSA) is 68.3 Å². The van der Waals surface area contributed by atoms with Gasteiger partial charge in [-0.3, -0.25) is 9.59 Å². The second-order valence-electron chi connectivity index (χ2n) is 4.80. The van der Waals surface area contributed by atoms with Gasteiger partial charge in [0, 0.05) is 36.2 Å².